The van der Waals surface area contributed by atoms with E-state index in [1.54, 1.807) is 49.4 Å². The average molecular weight is 559 g/mol. The molecule has 11 heteroatoms. The average Bonchev–Trinajstić information content (AvgIpc) is 2.83. The highest BCUT2D eigenvalue weighted by atomic mass is 35.5. The Morgan fingerprint density at radius 2 is 1.78 bits per heavy atom. The maximum atomic E-state index is 13.7. The standard InChI is InChI=1S/C25H33Cl2N3O5S/c1-5-7-14-28-25(32)21(6-2)29(16-18-12-13-19(26)20(27)15-18)24(31)17-30(36(4,33)34)22-10-8-9-11-23(22)35-3/h8-13,15,21H,5-7,14,16-17H2,1-4H3,(H,28,32)/t21-/m1/s1. The van der Waals surface area contributed by atoms with Gasteiger partial charge in [0.2, 0.25) is 21.8 Å². The van der Waals surface area contributed by atoms with Crippen molar-refractivity contribution in [3.8, 4) is 5.75 Å². The summed E-state index contributed by atoms with van der Waals surface area (Å²) in [5.41, 5.74) is 0.881. The third kappa shape index (κ3) is 8.01. The van der Waals surface area contributed by atoms with Crippen molar-refractivity contribution >= 4 is 50.7 Å². The van der Waals surface area contributed by atoms with E-state index in [1.807, 2.05) is 6.92 Å². The summed E-state index contributed by atoms with van der Waals surface area (Å²) in [6.45, 7) is 3.82. The van der Waals surface area contributed by atoms with Gasteiger partial charge < -0.3 is 15.0 Å². The molecule has 2 aromatic carbocycles. The van der Waals surface area contributed by atoms with Crippen molar-refractivity contribution in [2.24, 2.45) is 0 Å². The molecule has 2 rings (SSSR count). The van der Waals surface area contributed by atoms with Crippen LogP contribution in [0.3, 0.4) is 0 Å². The highest BCUT2D eigenvalue weighted by Crippen LogP contribution is 2.30. The lowest BCUT2D eigenvalue weighted by Gasteiger charge is -2.33. The van der Waals surface area contributed by atoms with E-state index in [1.165, 1.54) is 12.0 Å². The van der Waals surface area contributed by atoms with E-state index in [4.69, 9.17) is 27.9 Å². The van der Waals surface area contributed by atoms with E-state index in [0.717, 1.165) is 23.4 Å². The highest BCUT2D eigenvalue weighted by molar-refractivity contribution is 7.92. The zero-order valence-corrected chi connectivity index (χ0v) is 23.3. The molecular formula is C25H33Cl2N3O5S. The molecule has 0 unspecified atom stereocenters. The molecule has 0 saturated heterocycles. The van der Waals surface area contributed by atoms with Gasteiger partial charge in [-0.1, -0.05) is 61.7 Å². The molecule has 0 bridgehead atoms. The van der Waals surface area contributed by atoms with Crippen molar-refractivity contribution in [2.45, 2.75) is 45.7 Å². The van der Waals surface area contributed by atoms with E-state index < -0.39 is 28.5 Å². The molecule has 198 valence electrons. The van der Waals surface area contributed by atoms with Gasteiger partial charge in [0.15, 0.2) is 0 Å². The van der Waals surface area contributed by atoms with E-state index in [0.29, 0.717) is 34.3 Å². The van der Waals surface area contributed by atoms with Crippen molar-refractivity contribution in [3.05, 3.63) is 58.1 Å². The molecule has 0 aliphatic carbocycles. The third-order valence-corrected chi connectivity index (χ3v) is 7.45. The van der Waals surface area contributed by atoms with Gasteiger partial charge >= 0.3 is 0 Å². The molecule has 0 saturated carbocycles. The first kappa shape index (κ1) is 29.7. The molecule has 2 aromatic rings. The number of nitrogens with one attached hydrogen (secondary N) is 1. The van der Waals surface area contributed by atoms with Crippen molar-refractivity contribution in [2.75, 3.05) is 30.8 Å². The Kier molecular flexibility index (Phi) is 11.3. The second-order valence-electron chi connectivity index (χ2n) is 8.28. The Morgan fingerprint density at radius 1 is 1.08 bits per heavy atom. The van der Waals surface area contributed by atoms with Gasteiger partial charge in [-0.2, -0.15) is 0 Å². The van der Waals surface area contributed by atoms with Gasteiger partial charge in [0.1, 0.15) is 18.3 Å². The third-order valence-electron chi connectivity index (χ3n) is 5.59. The summed E-state index contributed by atoms with van der Waals surface area (Å²) in [6.07, 6.45) is 3.06. The van der Waals surface area contributed by atoms with Gasteiger partial charge in [-0.3, -0.25) is 13.9 Å². The number of para-hydroxylation sites is 2. The first-order valence-corrected chi connectivity index (χ1v) is 14.3. The summed E-state index contributed by atoms with van der Waals surface area (Å²) in [4.78, 5) is 28.1. The molecule has 0 spiro atoms. The van der Waals surface area contributed by atoms with Gasteiger partial charge in [0.05, 0.1) is 29.1 Å². The number of unbranched alkanes of at least 4 members (excludes halogenated alkanes) is 1. The fourth-order valence-electron chi connectivity index (χ4n) is 3.69. The number of carbonyl (C=O) groups is 2. The lowest BCUT2D eigenvalue weighted by atomic mass is 10.1. The van der Waals surface area contributed by atoms with Gasteiger partial charge in [-0.05, 0) is 42.7 Å². The van der Waals surface area contributed by atoms with Crippen LogP contribution in [0, 0.1) is 0 Å². The van der Waals surface area contributed by atoms with Crippen molar-refractivity contribution in [1.29, 1.82) is 0 Å². The smallest absolute Gasteiger partial charge is 0.244 e. The zero-order chi connectivity index (χ0) is 26.9. The van der Waals surface area contributed by atoms with Crippen LogP contribution < -0.4 is 14.4 Å². The van der Waals surface area contributed by atoms with Crippen LogP contribution in [-0.2, 0) is 26.2 Å². The molecule has 0 radical (unpaired) electrons. The number of benzene rings is 2. The van der Waals surface area contributed by atoms with Crippen LogP contribution in [0.25, 0.3) is 0 Å². The minimum atomic E-state index is -3.87. The topological polar surface area (TPSA) is 96.0 Å². The van der Waals surface area contributed by atoms with Gasteiger partial charge in [0, 0.05) is 13.1 Å². The Morgan fingerprint density at radius 3 is 2.36 bits per heavy atom. The lowest BCUT2D eigenvalue weighted by Crippen LogP contribution is -2.52. The summed E-state index contributed by atoms with van der Waals surface area (Å²) in [5, 5.41) is 3.55. The van der Waals surface area contributed by atoms with Crippen molar-refractivity contribution in [1.82, 2.24) is 10.2 Å². The SMILES string of the molecule is CCCCNC(=O)[C@@H](CC)N(Cc1ccc(Cl)c(Cl)c1)C(=O)CN(c1ccccc1OC)S(C)(=O)=O. The van der Waals surface area contributed by atoms with Crippen molar-refractivity contribution < 1.29 is 22.7 Å². The predicted molar refractivity (Wildman–Crippen MR) is 144 cm³/mol. The number of halogens is 2. The van der Waals surface area contributed by atoms with Crippen LogP contribution in [0.5, 0.6) is 5.75 Å². The Hall–Kier alpha value is -2.49. The fourth-order valence-corrected chi connectivity index (χ4v) is 4.86. The predicted octanol–water partition coefficient (Wildman–Crippen LogP) is 4.49. The number of carbonyl (C=O) groups excluding carboxylic acids is 2. The number of anilines is 1. The minimum absolute atomic E-state index is 0.0406. The number of amides is 2. The fraction of sp³-hybridized carbons (Fsp3) is 0.440. The van der Waals surface area contributed by atoms with Gasteiger partial charge in [-0.25, -0.2) is 8.42 Å². The molecular weight excluding hydrogens is 525 g/mol. The highest BCUT2D eigenvalue weighted by Gasteiger charge is 2.32. The summed E-state index contributed by atoms with van der Waals surface area (Å²) in [7, 11) is -2.45. The van der Waals surface area contributed by atoms with Crippen LogP contribution in [0.1, 0.15) is 38.7 Å². The first-order chi connectivity index (χ1) is 17.0. The number of sulfonamides is 1. The van der Waals surface area contributed by atoms with Gasteiger partial charge in [0.25, 0.3) is 0 Å². The molecule has 0 aliphatic heterocycles. The first-order valence-electron chi connectivity index (χ1n) is 11.6. The second-order valence-corrected chi connectivity index (χ2v) is 11.0. The maximum absolute atomic E-state index is 13.7. The zero-order valence-electron chi connectivity index (χ0n) is 21.0. The Balaban J connectivity index is 2.46. The van der Waals surface area contributed by atoms with Gasteiger partial charge in [-0.15, -0.1) is 0 Å². The second kappa shape index (κ2) is 13.7. The van der Waals surface area contributed by atoms with E-state index in [9.17, 15) is 18.0 Å². The Bertz CT molecular complexity index is 1160. The van der Waals surface area contributed by atoms with Crippen LogP contribution >= 0.6 is 23.2 Å². The quantitative estimate of drug-likeness (QED) is 0.366. The Labute approximate surface area is 223 Å². The lowest BCUT2D eigenvalue weighted by molar-refractivity contribution is -0.140. The van der Waals surface area contributed by atoms with Crippen molar-refractivity contribution in [3.63, 3.8) is 0 Å². The molecule has 0 aliphatic rings. The van der Waals surface area contributed by atoms with E-state index in [2.05, 4.69) is 5.32 Å². The minimum Gasteiger partial charge on any atom is -0.495 e. The van der Waals surface area contributed by atoms with E-state index >= 15 is 0 Å². The summed E-state index contributed by atoms with van der Waals surface area (Å²) in [6, 6.07) is 10.7. The summed E-state index contributed by atoms with van der Waals surface area (Å²) in [5.74, 6) is -0.548. The number of rotatable bonds is 13. The molecule has 36 heavy (non-hydrogen) atoms. The molecule has 0 heterocycles. The molecule has 0 fully saturated rings. The van der Waals surface area contributed by atoms with Crippen LogP contribution in [0.4, 0.5) is 5.69 Å². The van der Waals surface area contributed by atoms with Crippen LogP contribution in [0.2, 0.25) is 10.0 Å². The summed E-state index contributed by atoms with van der Waals surface area (Å²) < 4.78 is 31.8. The number of hydrogen-bond acceptors (Lipinski definition) is 5. The normalized spacial score (nSPS) is 12.1. The molecule has 8 nitrogen and oxygen atoms in total. The number of nitrogens with zero attached hydrogens (tertiary/aromatic N) is 2. The number of methoxy groups -OCH3 is 1. The molecule has 1 atom stereocenters. The van der Waals surface area contributed by atoms with Crippen LogP contribution in [0.15, 0.2) is 42.5 Å². The monoisotopic (exact) mass is 557 g/mol. The molecule has 1 N–H and O–H groups in total. The maximum Gasteiger partial charge on any atom is 0.244 e. The molecule has 2 amide bonds. The largest absolute Gasteiger partial charge is 0.495 e. The molecule has 0 aromatic heterocycles. The summed E-state index contributed by atoms with van der Waals surface area (Å²) >= 11 is 12.2. The van der Waals surface area contributed by atoms with E-state index in [-0.39, 0.29) is 18.1 Å². The van der Waals surface area contributed by atoms with Crippen LogP contribution in [-0.4, -0.2) is 57.6 Å². The number of hydrogen-bond donors (Lipinski definition) is 1. The number of ether oxygens (including phenoxy) is 1.